The minimum Gasteiger partial charge on any atom is -0.360 e. The molecular weight excluding hydrogens is 386 g/mol. The van der Waals surface area contributed by atoms with Crippen molar-refractivity contribution in [1.82, 2.24) is 4.90 Å². The average molecular weight is 422 g/mol. The zero-order valence-electron chi connectivity index (χ0n) is 17.2. The van der Waals surface area contributed by atoms with Gasteiger partial charge < -0.3 is 4.74 Å². The fourth-order valence-corrected chi connectivity index (χ4v) is 5.59. The van der Waals surface area contributed by atoms with Crippen LogP contribution in [0.4, 0.5) is 0 Å². The van der Waals surface area contributed by atoms with E-state index >= 15 is 0 Å². The molecule has 1 aliphatic heterocycles. The maximum Gasteiger partial charge on any atom is 0.111 e. The summed E-state index contributed by atoms with van der Waals surface area (Å²) >= 11 is 3.72. The monoisotopic (exact) mass is 421 g/mol. The smallest absolute Gasteiger partial charge is 0.111 e. The first kappa shape index (κ1) is 20.4. The molecule has 1 aromatic carbocycles. The molecule has 1 saturated heterocycles. The van der Waals surface area contributed by atoms with Crippen molar-refractivity contribution >= 4 is 15.9 Å². The molecule has 1 heterocycles. The summed E-state index contributed by atoms with van der Waals surface area (Å²) in [5.74, 6) is 2.11. The van der Waals surface area contributed by atoms with Crippen LogP contribution in [0.5, 0.6) is 0 Å². The van der Waals surface area contributed by atoms with Crippen molar-refractivity contribution in [2.75, 3.05) is 6.54 Å². The molecule has 1 saturated carbocycles. The molecule has 0 aromatic heterocycles. The zero-order valence-corrected chi connectivity index (χ0v) is 18.8. The van der Waals surface area contributed by atoms with Gasteiger partial charge in [-0.25, -0.2) is 0 Å². The molecule has 1 aliphatic carbocycles. The van der Waals surface area contributed by atoms with Gasteiger partial charge in [0, 0.05) is 22.5 Å². The van der Waals surface area contributed by atoms with Crippen molar-refractivity contribution in [3.8, 4) is 0 Å². The van der Waals surface area contributed by atoms with Crippen LogP contribution >= 0.6 is 15.9 Å². The molecule has 2 fully saturated rings. The number of hydrogen-bond donors (Lipinski definition) is 0. The molecular formula is C23H36BrNO. The Labute approximate surface area is 168 Å². The van der Waals surface area contributed by atoms with Gasteiger partial charge in [-0.1, -0.05) is 61.3 Å². The summed E-state index contributed by atoms with van der Waals surface area (Å²) in [6.07, 6.45) is 6.77. The normalized spacial score (nSPS) is 31.8. The summed E-state index contributed by atoms with van der Waals surface area (Å²) in [6.45, 7) is 13.0. The van der Waals surface area contributed by atoms with E-state index in [1.807, 2.05) is 0 Å². The minimum absolute atomic E-state index is 0.198. The van der Waals surface area contributed by atoms with Crippen LogP contribution in [0.15, 0.2) is 28.7 Å². The molecule has 0 amide bonds. The van der Waals surface area contributed by atoms with E-state index in [0.29, 0.717) is 17.9 Å². The second-order valence-electron chi connectivity index (χ2n) is 9.47. The number of benzene rings is 1. The van der Waals surface area contributed by atoms with E-state index in [0.717, 1.165) is 25.3 Å². The Morgan fingerprint density at radius 3 is 2.65 bits per heavy atom. The lowest BCUT2D eigenvalue weighted by molar-refractivity contribution is -0.237. The number of rotatable bonds is 5. The number of ether oxygens (including phenoxy) is 1. The first-order valence-electron chi connectivity index (χ1n) is 10.4. The standard InChI is InChI=1S/C23H36BrNO/c1-16(2)14-22-25(13-12-18-8-6-7-9-20(18)24)23(4,5)19-11-10-17(3)15-21(19)26-22/h6-9,16-17,19,21-22H,10-15H2,1-5H3/t17-,19-,21-,22+/m0/s1. The molecule has 1 aromatic rings. The van der Waals surface area contributed by atoms with E-state index < -0.39 is 0 Å². The predicted octanol–water partition coefficient (Wildman–Crippen LogP) is 6.28. The number of hydrogen-bond acceptors (Lipinski definition) is 2. The Hall–Kier alpha value is -0.380. The summed E-state index contributed by atoms with van der Waals surface area (Å²) in [6, 6.07) is 8.63. The third-order valence-electron chi connectivity index (χ3n) is 6.63. The highest BCUT2D eigenvalue weighted by atomic mass is 79.9. The van der Waals surface area contributed by atoms with Crippen molar-refractivity contribution in [2.24, 2.45) is 17.8 Å². The molecule has 4 atom stereocenters. The first-order valence-corrected chi connectivity index (χ1v) is 11.2. The van der Waals surface area contributed by atoms with Crippen LogP contribution in [0.1, 0.15) is 65.9 Å². The second-order valence-corrected chi connectivity index (χ2v) is 10.3. The van der Waals surface area contributed by atoms with Gasteiger partial charge in [0.25, 0.3) is 0 Å². The zero-order chi connectivity index (χ0) is 18.9. The summed E-state index contributed by atoms with van der Waals surface area (Å²) in [5, 5.41) is 0. The molecule has 2 nitrogen and oxygen atoms in total. The van der Waals surface area contributed by atoms with Crippen LogP contribution in [0.2, 0.25) is 0 Å². The Morgan fingerprint density at radius 1 is 1.23 bits per heavy atom. The number of halogens is 1. The van der Waals surface area contributed by atoms with Crippen molar-refractivity contribution in [1.29, 1.82) is 0 Å². The third-order valence-corrected chi connectivity index (χ3v) is 7.41. The molecule has 3 rings (SSSR count). The van der Waals surface area contributed by atoms with Gasteiger partial charge in [-0.2, -0.15) is 0 Å². The van der Waals surface area contributed by atoms with Gasteiger partial charge in [0.1, 0.15) is 6.23 Å². The maximum atomic E-state index is 6.75. The Kier molecular flexibility index (Phi) is 6.52. The highest BCUT2D eigenvalue weighted by molar-refractivity contribution is 9.10. The first-order chi connectivity index (χ1) is 12.3. The molecule has 3 heteroatoms. The van der Waals surface area contributed by atoms with E-state index in [1.165, 1.54) is 29.3 Å². The van der Waals surface area contributed by atoms with Gasteiger partial charge in [-0.3, -0.25) is 4.90 Å². The van der Waals surface area contributed by atoms with Crippen molar-refractivity contribution in [3.63, 3.8) is 0 Å². The molecule has 0 bridgehead atoms. The van der Waals surface area contributed by atoms with Crippen LogP contribution in [0.25, 0.3) is 0 Å². The van der Waals surface area contributed by atoms with Crippen LogP contribution in [-0.4, -0.2) is 29.3 Å². The summed E-state index contributed by atoms with van der Waals surface area (Å²) < 4.78 is 7.98. The van der Waals surface area contributed by atoms with Gasteiger partial charge in [0.15, 0.2) is 0 Å². The van der Waals surface area contributed by atoms with E-state index in [-0.39, 0.29) is 11.8 Å². The van der Waals surface area contributed by atoms with Crippen LogP contribution in [-0.2, 0) is 11.2 Å². The second kappa shape index (κ2) is 8.32. The summed E-state index contributed by atoms with van der Waals surface area (Å²) in [5.41, 5.74) is 1.59. The van der Waals surface area contributed by atoms with Gasteiger partial charge in [-0.05, 0) is 63.0 Å². The van der Waals surface area contributed by atoms with E-state index in [9.17, 15) is 0 Å². The van der Waals surface area contributed by atoms with Gasteiger partial charge >= 0.3 is 0 Å². The van der Waals surface area contributed by atoms with E-state index in [2.05, 4.69) is 79.7 Å². The molecule has 0 radical (unpaired) electrons. The molecule has 0 spiro atoms. The lowest BCUT2D eigenvalue weighted by Crippen LogP contribution is -2.65. The summed E-state index contributed by atoms with van der Waals surface area (Å²) in [7, 11) is 0. The number of fused-ring (bicyclic) bond motifs is 1. The van der Waals surface area contributed by atoms with Gasteiger partial charge in [-0.15, -0.1) is 0 Å². The van der Waals surface area contributed by atoms with Crippen LogP contribution < -0.4 is 0 Å². The Bertz CT molecular complexity index is 600. The van der Waals surface area contributed by atoms with Gasteiger partial charge in [0.2, 0.25) is 0 Å². The fraction of sp³-hybridized carbons (Fsp3) is 0.739. The van der Waals surface area contributed by atoms with E-state index in [4.69, 9.17) is 4.74 Å². The largest absolute Gasteiger partial charge is 0.360 e. The van der Waals surface area contributed by atoms with Gasteiger partial charge in [0.05, 0.1) is 6.10 Å². The molecule has 2 aliphatic rings. The lowest BCUT2D eigenvalue weighted by atomic mass is 9.69. The minimum atomic E-state index is 0.198. The molecule has 26 heavy (non-hydrogen) atoms. The van der Waals surface area contributed by atoms with Crippen LogP contribution in [0.3, 0.4) is 0 Å². The fourth-order valence-electron chi connectivity index (χ4n) is 5.11. The maximum absolute atomic E-state index is 6.75. The van der Waals surface area contributed by atoms with E-state index in [1.54, 1.807) is 0 Å². The number of nitrogens with zero attached hydrogens (tertiary/aromatic N) is 1. The lowest BCUT2D eigenvalue weighted by Gasteiger charge is -2.57. The Balaban J connectivity index is 1.80. The highest BCUT2D eigenvalue weighted by Crippen LogP contribution is 2.46. The van der Waals surface area contributed by atoms with Crippen molar-refractivity contribution in [3.05, 3.63) is 34.3 Å². The predicted molar refractivity (Wildman–Crippen MR) is 113 cm³/mol. The molecule has 0 N–H and O–H groups in total. The molecule has 0 unspecified atom stereocenters. The van der Waals surface area contributed by atoms with Crippen molar-refractivity contribution < 1.29 is 4.74 Å². The Morgan fingerprint density at radius 2 is 1.96 bits per heavy atom. The van der Waals surface area contributed by atoms with Crippen molar-refractivity contribution in [2.45, 2.75) is 84.6 Å². The molecule has 146 valence electrons. The summed E-state index contributed by atoms with van der Waals surface area (Å²) in [4.78, 5) is 2.68. The third kappa shape index (κ3) is 4.36. The SMILES string of the molecule is CC(C)C[C@H]1O[C@H]2C[C@@H](C)CC[C@@H]2C(C)(C)N1CCc1ccccc1Br. The average Bonchev–Trinajstić information content (AvgIpc) is 2.54. The van der Waals surface area contributed by atoms with Crippen LogP contribution in [0, 0.1) is 17.8 Å². The quantitative estimate of drug-likeness (QED) is 0.554. The highest BCUT2D eigenvalue weighted by Gasteiger charge is 2.50. The topological polar surface area (TPSA) is 12.5 Å².